The van der Waals surface area contributed by atoms with Gasteiger partial charge in [0.05, 0.1) is 0 Å². The summed E-state index contributed by atoms with van der Waals surface area (Å²) in [7, 11) is 0. The maximum Gasteiger partial charge on any atom is 0.334 e. The van der Waals surface area contributed by atoms with Gasteiger partial charge in [-0.3, -0.25) is 0 Å². The van der Waals surface area contributed by atoms with E-state index < -0.39 is 11.6 Å². The number of allylic oxidation sites excluding steroid dienone is 1. The van der Waals surface area contributed by atoms with Crippen molar-refractivity contribution in [2.75, 3.05) is 0 Å². The van der Waals surface area contributed by atoms with E-state index in [1.165, 1.54) is 12.1 Å². The van der Waals surface area contributed by atoms with Crippen LogP contribution in [-0.2, 0) is 15.1 Å². The number of rotatable bonds is 4. The molecule has 1 aromatic carbocycles. The summed E-state index contributed by atoms with van der Waals surface area (Å²) in [5.74, 6) is -0.798. The average Bonchev–Trinajstić information content (AvgIpc) is 2.29. The fourth-order valence-corrected chi connectivity index (χ4v) is 1.57. The molecule has 0 N–H and O–H groups in total. The second kappa shape index (κ2) is 5.63. The molecule has 0 aliphatic carbocycles. The monoisotopic (exact) mass is 248 g/mol. The van der Waals surface area contributed by atoms with Crippen molar-refractivity contribution < 1.29 is 13.9 Å². The van der Waals surface area contributed by atoms with Gasteiger partial charge in [-0.25, -0.2) is 9.18 Å². The van der Waals surface area contributed by atoms with E-state index in [1.54, 1.807) is 38.1 Å². The molecule has 0 amide bonds. The third-order valence-electron chi connectivity index (χ3n) is 2.56. The zero-order valence-corrected chi connectivity index (χ0v) is 10.9. The first-order valence-corrected chi connectivity index (χ1v) is 5.68. The number of esters is 1. The van der Waals surface area contributed by atoms with Gasteiger partial charge in [-0.05, 0) is 44.5 Å². The van der Waals surface area contributed by atoms with Crippen molar-refractivity contribution in [1.29, 1.82) is 0 Å². The highest BCUT2D eigenvalue weighted by Crippen LogP contribution is 2.28. The standard InChI is InChI=1S/C15H17FO2/c1-5-10-15(4,18-14(17)11(2)3)12-6-8-13(16)9-7-12/h5-10H,2H2,1,3-4H3/b10-5+. The molecule has 96 valence electrons. The first-order chi connectivity index (χ1) is 8.39. The van der Waals surface area contributed by atoms with Crippen molar-refractivity contribution >= 4 is 5.97 Å². The second-order valence-electron chi connectivity index (χ2n) is 4.28. The van der Waals surface area contributed by atoms with Gasteiger partial charge in [0.1, 0.15) is 5.82 Å². The van der Waals surface area contributed by atoms with Crippen LogP contribution >= 0.6 is 0 Å². The molecule has 0 saturated carbocycles. The normalized spacial score (nSPS) is 14.2. The Balaban J connectivity index is 3.10. The number of hydrogen-bond donors (Lipinski definition) is 0. The van der Waals surface area contributed by atoms with Crippen LogP contribution in [0.4, 0.5) is 4.39 Å². The SMILES string of the molecule is C=C(C)C(=O)OC(C)(/C=C/C)c1ccc(F)cc1. The summed E-state index contributed by atoms with van der Waals surface area (Å²) in [6, 6.07) is 5.87. The van der Waals surface area contributed by atoms with E-state index in [-0.39, 0.29) is 5.82 Å². The quantitative estimate of drug-likeness (QED) is 0.461. The molecule has 0 aromatic heterocycles. The van der Waals surface area contributed by atoms with Crippen LogP contribution in [0.3, 0.4) is 0 Å². The first-order valence-electron chi connectivity index (χ1n) is 5.68. The van der Waals surface area contributed by atoms with E-state index in [9.17, 15) is 9.18 Å². The van der Waals surface area contributed by atoms with Gasteiger partial charge in [0.25, 0.3) is 0 Å². The van der Waals surface area contributed by atoms with Crippen molar-refractivity contribution in [2.24, 2.45) is 0 Å². The highest BCUT2D eigenvalue weighted by atomic mass is 19.1. The summed E-state index contributed by atoms with van der Waals surface area (Å²) in [6.45, 7) is 8.72. The van der Waals surface area contributed by atoms with Crippen molar-refractivity contribution in [2.45, 2.75) is 26.4 Å². The van der Waals surface area contributed by atoms with Gasteiger partial charge in [0.15, 0.2) is 5.60 Å². The Kier molecular flexibility index (Phi) is 4.43. The van der Waals surface area contributed by atoms with Gasteiger partial charge in [0.2, 0.25) is 0 Å². The first kappa shape index (κ1) is 14.2. The number of hydrogen-bond acceptors (Lipinski definition) is 2. The molecule has 0 bridgehead atoms. The Morgan fingerprint density at radius 2 is 1.94 bits per heavy atom. The van der Waals surface area contributed by atoms with Crippen molar-refractivity contribution in [3.63, 3.8) is 0 Å². The summed E-state index contributed by atoms with van der Waals surface area (Å²) in [4.78, 5) is 11.6. The molecule has 1 rings (SSSR count). The fourth-order valence-electron chi connectivity index (χ4n) is 1.57. The van der Waals surface area contributed by atoms with E-state index in [1.807, 2.05) is 6.92 Å². The van der Waals surface area contributed by atoms with E-state index >= 15 is 0 Å². The van der Waals surface area contributed by atoms with Gasteiger partial charge in [-0.15, -0.1) is 0 Å². The van der Waals surface area contributed by atoms with Crippen molar-refractivity contribution in [1.82, 2.24) is 0 Å². The number of carbonyl (C=O) groups is 1. The molecule has 0 aliphatic heterocycles. The third-order valence-corrected chi connectivity index (χ3v) is 2.56. The summed E-state index contributed by atoms with van der Waals surface area (Å²) >= 11 is 0. The molecule has 1 atom stereocenters. The van der Waals surface area contributed by atoms with Crippen molar-refractivity contribution in [3.05, 3.63) is 60.0 Å². The van der Waals surface area contributed by atoms with E-state index in [0.717, 1.165) is 0 Å². The Hall–Kier alpha value is -1.90. The van der Waals surface area contributed by atoms with Gasteiger partial charge < -0.3 is 4.74 Å². The lowest BCUT2D eigenvalue weighted by Crippen LogP contribution is -2.27. The molecule has 3 heteroatoms. The van der Waals surface area contributed by atoms with Gasteiger partial charge >= 0.3 is 5.97 Å². The van der Waals surface area contributed by atoms with Crippen molar-refractivity contribution in [3.8, 4) is 0 Å². The predicted molar refractivity (Wildman–Crippen MR) is 69.5 cm³/mol. The molecule has 2 nitrogen and oxygen atoms in total. The molecule has 18 heavy (non-hydrogen) atoms. The van der Waals surface area contributed by atoms with E-state index in [0.29, 0.717) is 11.1 Å². The van der Waals surface area contributed by atoms with E-state index in [2.05, 4.69) is 6.58 Å². The van der Waals surface area contributed by atoms with Crippen LogP contribution in [0.5, 0.6) is 0 Å². The number of carbonyl (C=O) groups excluding carboxylic acids is 1. The third kappa shape index (κ3) is 3.29. The zero-order valence-electron chi connectivity index (χ0n) is 10.9. The second-order valence-corrected chi connectivity index (χ2v) is 4.28. The van der Waals surface area contributed by atoms with Gasteiger partial charge in [-0.2, -0.15) is 0 Å². The van der Waals surface area contributed by atoms with Crippen LogP contribution in [0, 0.1) is 5.82 Å². The maximum atomic E-state index is 12.9. The molecular weight excluding hydrogens is 231 g/mol. The molecule has 1 unspecified atom stereocenters. The van der Waals surface area contributed by atoms with Crippen LogP contribution < -0.4 is 0 Å². The number of ether oxygens (including phenoxy) is 1. The zero-order chi connectivity index (χ0) is 13.8. The Morgan fingerprint density at radius 3 is 2.39 bits per heavy atom. The fraction of sp³-hybridized carbons (Fsp3) is 0.267. The summed E-state index contributed by atoms with van der Waals surface area (Å²) in [6.07, 6.45) is 3.54. The highest BCUT2D eigenvalue weighted by molar-refractivity contribution is 5.87. The molecule has 0 saturated heterocycles. The van der Waals surface area contributed by atoms with Gasteiger partial charge in [-0.1, -0.05) is 24.8 Å². The minimum Gasteiger partial charge on any atom is -0.447 e. The van der Waals surface area contributed by atoms with Gasteiger partial charge in [0, 0.05) is 5.57 Å². The molecule has 0 radical (unpaired) electrons. The molecule has 0 spiro atoms. The largest absolute Gasteiger partial charge is 0.447 e. The summed E-state index contributed by atoms with van der Waals surface area (Å²) in [5, 5.41) is 0. The lowest BCUT2D eigenvalue weighted by atomic mass is 9.95. The van der Waals surface area contributed by atoms with Crippen LogP contribution in [0.2, 0.25) is 0 Å². The predicted octanol–water partition coefficient (Wildman–Crippen LogP) is 3.74. The van der Waals surface area contributed by atoms with E-state index in [4.69, 9.17) is 4.74 Å². The lowest BCUT2D eigenvalue weighted by Gasteiger charge is -2.27. The van der Waals surface area contributed by atoms with Crippen LogP contribution in [-0.4, -0.2) is 5.97 Å². The maximum absolute atomic E-state index is 12.9. The molecule has 0 aliphatic rings. The minimum atomic E-state index is -0.918. The molecular formula is C15H17FO2. The topological polar surface area (TPSA) is 26.3 Å². The Bertz CT molecular complexity index is 474. The average molecular weight is 248 g/mol. The smallest absolute Gasteiger partial charge is 0.334 e. The summed E-state index contributed by atoms with van der Waals surface area (Å²) in [5.41, 5.74) is 0.114. The lowest BCUT2D eigenvalue weighted by molar-refractivity contribution is -0.149. The molecule has 0 fully saturated rings. The van der Waals surface area contributed by atoms with Crippen LogP contribution in [0.15, 0.2) is 48.6 Å². The molecule has 1 aromatic rings. The Morgan fingerprint density at radius 1 is 1.39 bits per heavy atom. The molecule has 0 heterocycles. The minimum absolute atomic E-state index is 0.326. The summed E-state index contributed by atoms with van der Waals surface area (Å²) < 4.78 is 18.3. The van der Waals surface area contributed by atoms with Crippen LogP contribution in [0.1, 0.15) is 26.3 Å². The number of benzene rings is 1. The highest BCUT2D eigenvalue weighted by Gasteiger charge is 2.28. The number of halogens is 1. The van der Waals surface area contributed by atoms with Crippen LogP contribution in [0.25, 0.3) is 0 Å². The Labute approximate surface area is 107 Å².